The number of ketones is 1. The summed E-state index contributed by atoms with van der Waals surface area (Å²) >= 11 is 4.99. The fourth-order valence-electron chi connectivity index (χ4n) is 2.09. The first-order chi connectivity index (χ1) is 9.74. The molecule has 0 aliphatic carbocycles. The van der Waals surface area contributed by atoms with E-state index in [4.69, 9.17) is 0 Å². The van der Waals surface area contributed by atoms with Gasteiger partial charge in [0.25, 0.3) is 0 Å². The molecular weight excluding hydrogens is 334 g/mol. The molecule has 100 valence electrons. The van der Waals surface area contributed by atoms with E-state index < -0.39 is 0 Å². The van der Waals surface area contributed by atoms with Crippen molar-refractivity contribution in [3.8, 4) is 0 Å². The fraction of sp³-hybridized carbons (Fsp3) is 0.0625. The minimum atomic E-state index is 0.146. The van der Waals surface area contributed by atoms with Gasteiger partial charge >= 0.3 is 0 Å². The van der Waals surface area contributed by atoms with Crippen molar-refractivity contribution in [2.24, 2.45) is 0 Å². The number of hydrogen-bond donors (Lipinski definition) is 1. The molecule has 20 heavy (non-hydrogen) atoms. The lowest BCUT2D eigenvalue weighted by Gasteiger charge is -2.01. The lowest BCUT2D eigenvalue weighted by molar-refractivity contribution is 0.102. The molecule has 2 nitrogen and oxygen atoms in total. The number of aromatic amines is 1. The molecule has 1 aromatic heterocycles. The quantitative estimate of drug-likeness (QED) is 0.538. The molecule has 3 aromatic rings. The van der Waals surface area contributed by atoms with Gasteiger partial charge in [-0.1, -0.05) is 40.2 Å². The van der Waals surface area contributed by atoms with Crippen molar-refractivity contribution < 1.29 is 4.79 Å². The molecule has 0 amide bonds. The predicted octanol–water partition coefficient (Wildman–Crippen LogP) is 4.91. The van der Waals surface area contributed by atoms with Crippen LogP contribution in [-0.4, -0.2) is 16.5 Å². The summed E-state index contributed by atoms with van der Waals surface area (Å²) in [5.41, 5.74) is 1.77. The predicted molar refractivity (Wildman–Crippen MR) is 87.5 cm³/mol. The first kappa shape index (κ1) is 13.5. The van der Waals surface area contributed by atoms with Crippen LogP contribution in [0.15, 0.2) is 64.1 Å². The van der Waals surface area contributed by atoms with Gasteiger partial charge in [0.05, 0.1) is 5.75 Å². The van der Waals surface area contributed by atoms with E-state index in [0.29, 0.717) is 5.75 Å². The highest BCUT2D eigenvalue weighted by Crippen LogP contribution is 2.24. The van der Waals surface area contributed by atoms with E-state index in [9.17, 15) is 4.79 Å². The fourth-order valence-corrected chi connectivity index (χ4v) is 3.47. The normalized spacial score (nSPS) is 10.8. The van der Waals surface area contributed by atoms with Gasteiger partial charge in [-0.3, -0.25) is 4.79 Å². The molecule has 0 aliphatic rings. The van der Waals surface area contributed by atoms with Crippen LogP contribution < -0.4 is 0 Å². The number of H-pyrrole nitrogens is 1. The maximum atomic E-state index is 12.3. The van der Waals surface area contributed by atoms with Gasteiger partial charge in [-0.25, -0.2) is 0 Å². The number of rotatable bonds is 4. The Balaban J connectivity index is 1.76. The Morgan fingerprint density at radius 3 is 2.85 bits per heavy atom. The number of halogens is 1. The molecule has 3 rings (SSSR count). The largest absolute Gasteiger partial charge is 0.360 e. The van der Waals surface area contributed by atoms with Crippen LogP contribution in [0.25, 0.3) is 10.9 Å². The third kappa shape index (κ3) is 2.81. The van der Waals surface area contributed by atoms with Gasteiger partial charge in [-0.15, -0.1) is 11.8 Å². The Kier molecular flexibility index (Phi) is 3.94. The maximum Gasteiger partial charge on any atom is 0.175 e. The van der Waals surface area contributed by atoms with Gasteiger partial charge in [0.1, 0.15) is 0 Å². The number of Topliss-reactive ketones (excluding diaryl/α,β-unsaturated/α-hetero) is 1. The topological polar surface area (TPSA) is 32.9 Å². The molecule has 1 heterocycles. The first-order valence-corrected chi connectivity index (χ1v) is 7.99. The van der Waals surface area contributed by atoms with Crippen molar-refractivity contribution in [2.45, 2.75) is 4.90 Å². The van der Waals surface area contributed by atoms with Crippen molar-refractivity contribution in [3.63, 3.8) is 0 Å². The van der Waals surface area contributed by atoms with Gasteiger partial charge in [-0.2, -0.15) is 0 Å². The maximum absolute atomic E-state index is 12.3. The molecule has 0 saturated heterocycles. The number of hydrogen-bond acceptors (Lipinski definition) is 2. The number of thioether (sulfide) groups is 1. The van der Waals surface area contributed by atoms with E-state index in [1.807, 2.05) is 48.5 Å². The molecule has 0 unspecified atom stereocenters. The number of aromatic nitrogens is 1. The van der Waals surface area contributed by atoms with Crippen molar-refractivity contribution >= 4 is 44.4 Å². The van der Waals surface area contributed by atoms with E-state index in [-0.39, 0.29) is 5.78 Å². The van der Waals surface area contributed by atoms with Crippen molar-refractivity contribution in [1.29, 1.82) is 0 Å². The second-order valence-electron chi connectivity index (χ2n) is 4.42. The highest BCUT2D eigenvalue weighted by molar-refractivity contribution is 9.10. The van der Waals surface area contributed by atoms with Gasteiger partial charge < -0.3 is 4.98 Å². The van der Waals surface area contributed by atoms with Crippen molar-refractivity contribution in [2.75, 3.05) is 5.75 Å². The van der Waals surface area contributed by atoms with Crippen molar-refractivity contribution in [1.82, 2.24) is 4.98 Å². The molecule has 0 saturated carbocycles. The van der Waals surface area contributed by atoms with Crippen LogP contribution in [-0.2, 0) is 0 Å². The summed E-state index contributed by atoms with van der Waals surface area (Å²) in [6.45, 7) is 0. The highest BCUT2D eigenvalue weighted by Gasteiger charge is 2.12. The third-order valence-electron chi connectivity index (χ3n) is 3.06. The van der Waals surface area contributed by atoms with Gasteiger partial charge in [0.15, 0.2) is 5.78 Å². The van der Waals surface area contributed by atoms with Crippen LogP contribution in [0.1, 0.15) is 10.4 Å². The Hall–Kier alpha value is -1.52. The molecule has 0 atom stereocenters. The number of carbonyl (C=O) groups excluding carboxylic acids is 1. The lowest BCUT2D eigenvalue weighted by atomic mass is 10.1. The summed E-state index contributed by atoms with van der Waals surface area (Å²) in [7, 11) is 0. The zero-order valence-corrected chi connectivity index (χ0v) is 13.0. The first-order valence-electron chi connectivity index (χ1n) is 6.22. The van der Waals surface area contributed by atoms with Crippen LogP contribution in [0.4, 0.5) is 0 Å². The summed E-state index contributed by atoms with van der Waals surface area (Å²) in [6, 6.07) is 15.9. The number of fused-ring (bicyclic) bond motifs is 1. The smallest absolute Gasteiger partial charge is 0.175 e. The number of carbonyl (C=O) groups is 1. The monoisotopic (exact) mass is 345 g/mol. The second-order valence-corrected chi connectivity index (χ2v) is 6.38. The van der Waals surface area contributed by atoms with E-state index in [1.54, 1.807) is 18.0 Å². The molecule has 0 bridgehead atoms. The van der Waals surface area contributed by atoms with Crippen LogP contribution in [0.2, 0.25) is 0 Å². The Labute approximate surface area is 129 Å². The number of nitrogens with one attached hydrogen (secondary N) is 1. The van der Waals surface area contributed by atoms with Crippen LogP contribution in [0.5, 0.6) is 0 Å². The summed E-state index contributed by atoms with van der Waals surface area (Å²) in [5, 5.41) is 0.993. The van der Waals surface area contributed by atoms with E-state index in [1.165, 1.54) is 0 Å². The summed E-state index contributed by atoms with van der Waals surface area (Å²) < 4.78 is 1.03. The zero-order valence-electron chi connectivity index (χ0n) is 10.6. The summed E-state index contributed by atoms with van der Waals surface area (Å²) in [4.78, 5) is 16.6. The van der Waals surface area contributed by atoms with E-state index >= 15 is 0 Å². The minimum Gasteiger partial charge on any atom is -0.360 e. The molecule has 0 aliphatic heterocycles. The molecular formula is C16H12BrNOS. The van der Waals surface area contributed by atoms with E-state index in [2.05, 4.69) is 20.9 Å². The van der Waals surface area contributed by atoms with Crippen LogP contribution >= 0.6 is 27.7 Å². The third-order valence-corrected chi connectivity index (χ3v) is 4.54. The second kappa shape index (κ2) is 5.85. The van der Waals surface area contributed by atoms with E-state index in [0.717, 1.165) is 25.8 Å². The standard InChI is InChI=1S/C16H12BrNOS/c17-11-4-3-5-12(8-11)20-10-16(19)14-9-18-15-7-2-1-6-13(14)15/h1-9,18H,10H2. The Morgan fingerprint density at radius 2 is 2.00 bits per heavy atom. The van der Waals surface area contributed by atoms with Crippen LogP contribution in [0.3, 0.4) is 0 Å². The Bertz CT molecular complexity index is 766. The van der Waals surface area contributed by atoms with Gasteiger partial charge in [0.2, 0.25) is 0 Å². The Morgan fingerprint density at radius 1 is 1.15 bits per heavy atom. The van der Waals surface area contributed by atoms with Crippen LogP contribution in [0, 0.1) is 0 Å². The van der Waals surface area contributed by atoms with Crippen molar-refractivity contribution in [3.05, 3.63) is 64.8 Å². The number of para-hydroxylation sites is 1. The lowest BCUT2D eigenvalue weighted by Crippen LogP contribution is -2.01. The van der Waals surface area contributed by atoms with Gasteiger partial charge in [0, 0.05) is 32.0 Å². The molecule has 2 aromatic carbocycles. The van der Waals surface area contributed by atoms with Gasteiger partial charge in [-0.05, 0) is 24.3 Å². The average Bonchev–Trinajstić information content (AvgIpc) is 2.89. The number of benzene rings is 2. The molecule has 4 heteroatoms. The summed E-state index contributed by atoms with van der Waals surface area (Å²) in [6.07, 6.45) is 1.80. The molecule has 0 fully saturated rings. The minimum absolute atomic E-state index is 0.146. The molecule has 1 N–H and O–H groups in total. The molecule has 0 radical (unpaired) electrons. The SMILES string of the molecule is O=C(CSc1cccc(Br)c1)c1c[nH]c2ccccc12. The zero-order chi connectivity index (χ0) is 13.9. The summed E-state index contributed by atoms with van der Waals surface area (Å²) in [5.74, 6) is 0.589. The highest BCUT2D eigenvalue weighted by atomic mass is 79.9. The molecule has 0 spiro atoms. The average molecular weight is 346 g/mol.